The quantitative estimate of drug-likeness (QED) is 0.770. The molecule has 0 saturated carbocycles. The van der Waals surface area contributed by atoms with Crippen molar-refractivity contribution in [2.24, 2.45) is 0 Å². The third-order valence-corrected chi connectivity index (χ3v) is 2.25. The van der Waals surface area contributed by atoms with Crippen LogP contribution in [0.4, 0.5) is 5.69 Å². The Bertz CT molecular complexity index is 336. The Balaban J connectivity index is 2.70. The van der Waals surface area contributed by atoms with Gasteiger partial charge in [0.1, 0.15) is 6.04 Å². The van der Waals surface area contributed by atoms with Crippen LogP contribution in [0, 0.1) is 6.92 Å². The van der Waals surface area contributed by atoms with Gasteiger partial charge in [-0.1, -0.05) is 19.1 Å². The van der Waals surface area contributed by atoms with Gasteiger partial charge in [0.2, 0.25) is 0 Å². The molecule has 0 bridgehead atoms. The van der Waals surface area contributed by atoms with E-state index >= 15 is 0 Å². The second-order valence-electron chi connectivity index (χ2n) is 3.50. The van der Waals surface area contributed by atoms with Gasteiger partial charge < -0.3 is 10.1 Å². The molecule has 3 heteroatoms. The van der Waals surface area contributed by atoms with E-state index in [2.05, 4.69) is 5.32 Å². The van der Waals surface area contributed by atoms with Gasteiger partial charge in [0.25, 0.3) is 0 Å². The van der Waals surface area contributed by atoms with Crippen LogP contribution in [-0.4, -0.2) is 19.1 Å². The summed E-state index contributed by atoms with van der Waals surface area (Å²) < 4.78 is 4.70. The number of hydrogen-bond donors (Lipinski definition) is 1. The molecule has 0 radical (unpaired) electrons. The first kappa shape index (κ1) is 11.6. The van der Waals surface area contributed by atoms with E-state index in [1.165, 1.54) is 12.7 Å². The Hall–Kier alpha value is -1.51. The Labute approximate surface area is 90.4 Å². The largest absolute Gasteiger partial charge is 0.467 e. The molecule has 0 fully saturated rings. The summed E-state index contributed by atoms with van der Waals surface area (Å²) in [5, 5.41) is 3.15. The summed E-state index contributed by atoms with van der Waals surface area (Å²) >= 11 is 0. The summed E-state index contributed by atoms with van der Waals surface area (Å²) in [6.45, 7) is 3.97. The lowest BCUT2D eigenvalue weighted by atomic mass is 10.2. The molecular formula is C12H17NO2. The zero-order valence-electron chi connectivity index (χ0n) is 9.41. The van der Waals surface area contributed by atoms with E-state index < -0.39 is 0 Å². The molecule has 0 amide bonds. The maximum atomic E-state index is 11.3. The van der Waals surface area contributed by atoms with Crippen molar-refractivity contribution in [2.45, 2.75) is 26.3 Å². The van der Waals surface area contributed by atoms with E-state index in [4.69, 9.17) is 4.74 Å². The average molecular weight is 207 g/mol. The van der Waals surface area contributed by atoms with E-state index in [0.29, 0.717) is 6.42 Å². The molecule has 0 heterocycles. The maximum absolute atomic E-state index is 11.3. The smallest absolute Gasteiger partial charge is 0.328 e. The average Bonchev–Trinajstić information content (AvgIpc) is 2.25. The molecule has 1 aromatic carbocycles. The number of aryl methyl sites for hydroxylation is 1. The molecule has 1 unspecified atom stereocenters. The molecule has 82 valence electrons. The fraction of sp³-hybridized carbons (Fsp3) is 0.417. The minimum Gasteiger partial charge on any atom is -0.467 e. The summed E-state index contributed by atoms with van der Waals surface area (Å²) in [4.78, 5) is 11.3. The minimum atomic E-state index is -0.267. The number of esters is 1. The molecule has 0 aromatic heterocycles. The molecular weight excluding hydrogens is 190 g/mol. The van der Waals surface area contributed by atoms with E-state index in [9.17, 15) is 4.79 Å². The number of ether oxygens (including phenoxy) is 1. The topological polar surface area (TPSA) is 38.3 Å². The molecule has 0 aliphatic carbocycles. The van der Waals surface area contributed by atoms with Crippen LogP contribution >= 0.6 is 0 Å². The first-order valence-electron chi connectivity index (χ1n) is 5.08. The molecule has 15 heavy (non-hydrogen) atoms. The summed E-state index contributed by atoms with van der Waals surface area (Å²) in [5.41, 5.74) is 2.12. The Morgan fingerprint density at radius 3 is 2.80 bits per heavy atom. The van der Waals surface area contributed by atoms with Crippen molar-refractivity contribution >= 4 is 11.7 Å². The Kier molecular flexibility index (Phi) is 4.16. The molecule has 0 saturated heterocycles. The molecule has 1 N–H and O–H groups in total. The minimum absolute atomic E-state index is 0.223. The van der Waals surface area contributed by atoms with Crippen molar-refractivity contribution in [3.63, 3.8) is 0 Å². The second kappa shape index (κ2) is 5.39. The van der Waals surface area contributed by atoms with Crippen molar-refractivity contribution < 1.29 is 9.53 Å². The zero-order valence-corrected chi connectivity index (χ0v) is 9.41. The number of rotatable bonds is 4. The highest BCUT2D eigenvalue weighted by molar-refractivity contribution is 5.79. The molecule has 1 rings (SSSR count). The van der Waals surface area contributed by atoms with Gasteiger partial charge in [-0.3, -0.25) is 0 Å². The lowest BCUT2D eigenvalue weighted by molar-refractivity contribution is -0.141. The molecule has 1 aromatic rings. The molecule has 1 atom stereocenters. The monoisotopic (exact) mass is 207 g/mol. The first-order chi connectivity index (χ1) is 7.17. The summed E-state index contributed by atoms with van der Waals surface area (Å²) in [5.74, 6) is -0.223. The lowest BCUT2D eigenvalue weighted by Gasteiger charge is -2.15. The summed E-state index contributed by atoms with van der Waals surface area (Å²) in [6, 6.07) is 7.66. The van der Waals surface area contributed by atoms with Crippen molar-refractivity contribution in [1.29, 1.82) is 0 Å². The molecule has 0 spiro atoms. The SMILES string of the molecule is CCC(Nc1cccc(C)c1)C(=O)OC. The fourth-order valence-corrected chi connectivity index (χ4v) is 1.41. The van der Waals surface area contributed by atoms with Crippen molar-refractivity contribution in [3.05, 3.63) is 29.8 Å². The summed E-state index contributed by atoms with van der Waals surface area (Å²) in [7, 11) is 1.41. The van der Waals surface area contributed by atoms with Gasteiger partial charge in [0.05, 0.1) is 7.11 Å². The molecule has 0 aliphatic heterocycles. The van der Waals surface area contributed by atoms with E-state index in [1.54, 1.807) is 0 Å². The van der Waals surface area contributed by atoms with Gasteiger partial charge in [-0.25, -0.2) is 4.79 Å². The predicted molar refractivity (Wildman–Crippen MR) is 60.9 cm³/mol. The third-order valence-electron chi connectivity index (χ3n) is 2.25. The zero-order chi connectivity index (χ0) is 11.3. The van der Waals surface area contributed by atoms with E-state index in [1.807, 2.05) is 38.1 Å². The van der Waals surface area contributed by atoms with Crippen LogP contribution in [0.2, 0.25) is 0 Å². The van der Waals surface area contributed by atoms with Gasteiger partial charge in [0.15, 0.2) is 0 Å². The number of carbonyl (C=O) groups excluding carboxylic acids is 1. The van der Waals surface area contributed by atoms with Crippen LogP contribution in [0.1, 0.15) is 18.9 Å². The van der Waals surface area contributed by atoms with Crippen LogP contribution < -0.4 is 5.32 Å². The third kappa shape index (κ3) is 3.27. The Morgan fingerprint density at radius 2 is 2.27 bits per heavy atom. The normalized spacial score (nSPS) is 11.9. The number of hydrogen-bond acceptors (Lipinski definition) is 3. The number of methoxy groups -OCH3 is 1. The lowest BCUT2D eigenvalue weighted by Crippen LogP contribution is -2.29. The number of carbonyl (C=O) groups is 1. The van der Waals surface area contributed by atoms with Gasteiger partial charge in [-0.2, -0.15) is 0 Å². The predicted octanol–water partition coefficient (Wildman–Crippen LogP) is 2.36. The van der Waals surface area contributed by atoms with Gasteiger partial charge in [0, 0.05) is 5.69 Å². The number of anilines is 1. The fourth-order valence-electron chi connectivity index (χ4n) is 1.41. The van der Waals surface area contributed by atoms with Gasteiger partial charge in [-0.05, 0) is 31.0 Å². The standard InChI is InChI=1S/C12H17NO2/c1-4-11(12(14)15-3)13-10-7-5-6-9(2)8-10/h5-8,11,13H,4H2,1-3H3. The van der Waals surface area contributed by atoms with Crippen LogP contribution in [0.5, 0.6) is 0 Å². The van der Waals surface area contributed by atoms with Crippen LogP contribution in [0.25, 0.3) is 0 Å². The number of nitrogens with one attached hydrogen (secondary N) is 1. The van der Waals surface area contributed by atoms with E-state index in [-0.39, 0.29) is 12.0 Å². The highest BCUT2D eigenvalue weighted by Gasteiger charge is 2.15. The molecule has 0 aliphatic rings. The van der Waals surface area contributed by atoms with Crippen LogP contribution in [0.3, 0.4) is 0 Å². The van der Waals surface area contributed by atoms with Gasteiger partial charge >= 0.3 is 5.97 Å². The highest BCUT2D eigenvalue weighted by atomic mass is 16.5. The summed E-state index contributed by atoms with van der Waals surface area (Å²) in [6.07, 6.45) is 0.709. The van der Waals surface area contributed by atoms with Crippen molar-refractivity contribution in [3.8, 4) is 0 Å². The van der Waals surface area contributed by atoms with Crippen LogP contribution in [-0.2, 0) is 9.53 Å². The Morgan fingerprint density at radius 1 is 1.53 bits per heavy atom. The maximum Gasteiger partial charge on any atom is 0.328 e. The van der Waals surface area contributed by atoms with Gasteiger partial charge in [-0.15, -0.1) is 0 Å². The van der Waals surface area contributed by atoms with Crippen LogP contribution in [0.15, 0.2) is 24.3 Å². The highest BCUT2D eigenvalue weighted by Crippen LogP contribution is 2.12. The second-order valence-corrected chi connectivity index (χ2v) is 3.50. The number of benzene rings is 1. The molecule has 3 nitrogen and oxygen atoms in total. The first-order valence-corrected chi connectivity index (χ1v) is 5.08. The van der Waals surface area contributed by atoms with Crippen molar-refractivity contribution in [2.75, 3.05) is 12.4 Å². The van der Waals surface area contributed by atoms with E-state index in [0.717, 1.165) is 5.69 Å². The van der Waals surface area contributed by atoms with Crippen molar-refractivity contribution in [1.82, 2.24) is 0 Å².